The summed E-state index contributed by atoms with van der Waals surface area (Å²) in [5, 5.41) is 7.45. The molecule has 0 unspecified atom stereocenters. The first kappa shape index (κ1) is 36.3. The molecule has 0 bridgehead atoms. The Morgan fingerprint density at radius 3 is 2.09 bits per heavy atom. The average molecular weight is 641 g/mol. The first-order valence-corrected chi connectivity index (χ1v) is 15.3. The molecule has 13 nitrogen and oxygen atoms in total. The van der Waals surface area contributed by atoms with Crippen LogP contribution in [0.15, 0.2) is 54.7 Å². The Kier molecular flexibility index (Phi) is 17.0. The molecule has 0 saturated carbocycles. The van der Waals surface area contributed by atoms with Crippen LogP contribution in [0.25, 0.3) is 10.8 Å². The van der Waals surface area contributed by atoms with E-state index in [1.54, 1.807) is 18.2 Å². The number of carbonyl (C=O) groups is 3. The minimum absolute atomic E-state index is 0.115. The smallest absolute Gasteiger partial charge is 0.339 e. The lowest BCUT2D eigenvalue weighted by atomic mass is 10.00. The van der Waals surface area contributed by atoms with E-state index < -0.39 is 5.97 Å². The summed E-state index contributed by atoms with van der Waals surface area (Å²) < 4.78 is 31.9. The highest BCUT2D eigenvalue weighted by molar-refractivity contribution is 6.07. The fraction of sp³-hybridized carbons (Fsp3) is 0.455. The molecule has 3 aromatic rings. The van der Waals surface area contributed by atoms with Gasteiger partial charge in [0.1, 0.15) is 6.61 Å². The van der Waals surface area contributed by atoms with E-state index in [2.05, 4.69) is 20.4 Å². The van der Waals surface area contributed by atoms with Crippen LogP contribution in [0.5, 0.6) is 5.88 Å². The van der Waals surface area contributed by atoms with E-state index in [4.69, 9.17) is 29.4 Å². The molecule has 13 heteroatoms. The summed E-state index contributed by atoms with van der Waals surface area (Å²) in [6.07, 6.45) is 2.23. The molecule has 1 heterocycles. The van der Waals surface area contributed by atoms with Gasteiger partial charge in [-0.25, -0.2) is 9.78 Å². The van der Waals surface area contributed by atoms with Gasteiger partial charge in [0.15, 0.2) is 0 Å². The van der Waals surface area contributed by atoms with Gasteiger partial charge < -0.3 is 44.8 Å². The molecule has 0 radical (unpaired) electrons. The molecule has 0 aliphatic rings. The van der Waals surface area contributed by atoms with Crippen LogP contribution in [0, 0.1) is 0 Å². The number of carbonyl (C=O) groups excluding carboxylic acids is 3. The third-order valence-electron chi connectivity index (χ3n) is 6.60. The molecular formula is C33H44N4O9. The number of hydrogen-bond acceptors (Lipinski definition) is 11. The quantitative estimate of drug-likeness (QED) is 0.103. The minimum atomic E-state index is -0.470. The van der Waals surface area contributed by atoms with Crippen LogP contribution in [0.2, 0.25) is 0 Å². The molecular weight excluding hydrogens is 596 g/mol. The Morgan fingerprint density at radius 2 is 1.41 bits per heavy atom. The lowest BCUT2D eigenvalue weighted by Crippen LogP contribution is -2.30. The second-order valence-electron chi connectivity index (χ2n) is 9.93. The van der Waals surface area contributed by atoms with Gasteiger partial charge in [-0.2, -0.15) is 0 Å². The largest absolute Gasteiger partial charge is 0.473 e. The zero-order chi connectivity index (χ0) is 32.8. The molecule has 0 atom stereocenters. The molecule has 0 aliphatic carbocycles. The van der Waals surface area contributed by atoms with Crippen molar-refractivity contribution in [3.63, 3.8) is 0 Å². The van der Waals surface area contributed by atoms with Gasteiger partial charge in [0.2, 0.25) is 11.8 Å². The van der Waals surface area contributed by atoms with Crippen molar-refractivity contribution in [2.75, 3.05) is 79.6 Å². The van der Waals surface area contributed by atoms with Gasteiger partial charge in [-0.3, -0.25) is 9.59 Å². The fourth-order valence-electron chi connectivity index (χ4n) is 4.27. The number of fused-ring (bicyclic) bond motifs is 1. The number of esters is 1. The summed E-state index contributed by atoms with van der Waals surface area (Å²) in [5.41, 5.74) is 7.10. The number of methoxy groups -OCH3 is 1. The molecule has 0 aliphatic heterocycles. The number of amides is 2. The zero-order valence-electron chi connectivity index (χ0n) is 26.3. The lowest BCUT2D eigenvalue weighted by molar-refractivity contribution is -0.122. The fourth-order valence-corrected chi connectivity index (χ4v) is 4.27. The number of rotatable bonds is 23. The summed E-state index contributed by atoms with van der Waals surface area (Å²) in [6, 6.07) is 14.4. The number of aromatic nitrogens is 1. The molecule has 1 aromatic heterocycles. The van der Waals surface area contributed by atoms with E-state index in [0.717, 1.165) is 16.3 Å². The average Bonchev–Trinajstić information content (AvgIpc) is 3.08. The second kappa shape index (κ2) is 21.6. The Bertz CT molecular complexity index is 1350. The maximum Gasteiger partial charge on any atom is 0.339 e. The van der Waals surface area contributed by atoms with E-state index in [0.29, 0.717) is 95.9 Å². The summed E-state index contributed by atoms with van der Waals surface area (Å²) in [5.74, 6) is -0.421. The van der Waals surface area contributed by atoms with Crippen LogP contribution in [-0.2, 0) is 35.1 Å². The van der Waals surface area contributed by atoms with Crippen molar-refractivity contribution in [2.45, 2.75) is 19.4 Å². The molecule has 2 amide bonds. The molecule has 46 heavy (non-hydrogen) atoms. The summed E-state index contributed by atoms with van der Waals surface area (Å²) in [7, 11) is 1.31. The number of ether oxygens (including phenoxy) is 6. The van der Waals surface area contributed by atoms with E-state index in [1.165, 1.54) is 13.3 Å². The Balaban J connectivity index is 1.29. The number of pyridine rings is 1. The SMILES string of the molecule is COC(=O)c1ccc(OCc2cccc3c(C(=O)NCCCNC(=O)CCOCCOCCOCCOCCN)cccc23)nc1. The van der Waals surface area contributed by atoms with Gasteiger partial charge in [-0.1, -0.05) is 30.3 Å². The third kappa shape index (κ3) is 13.1. The van der Waals surface area contributed by atoms with E-state index in [9.17, 15) is 14.4 Å². The van der Waals surface area contributed by atoms with Crippen molar-refractivity contribution in [1.82, 2.24) is 15.6 Å². The standard InChI is InChI=1S/C33H44N4O9/c1-41-33(40)25-9-10-31(37-23-25)46-24-26-5-2-7-28-27(26)6-3-8-29(28)32(39)36-14-4-13-35-30(38)11-15-42-17-19-44-21-22-45-20-18-43-16-12-34/h2-3,5-10,23H,4,11-22,24,34H2,1H3,(H,35,38)(H,36,39). The molecule has 3 rings (SSSR count). The number of nitrogens with zero attached hydrogens (tertiary/aromatic N) is 1. The highest BCUT2D eigenvalue weighted by Crippen LogP contribution is 2.24. The predicted octanol–water partition coefficient (Wildman–Crippen LogP) is 2.25. The van der Waals surface area contributed by atoms with Gasteiger partial charge in [-0.15, -0.1) is 0 Å². The molecule has 0 fully saturated rings. The lowest BCUT2D eigenvalue weighted by Gasteiger charge is -2.12. The number of nitrogens with one attached hydrogen (secondary N) is 2. The van der Waals surface area contributed by atoms with E-state index >= 15 is 0 Å². The van der Waals surface area contributed by atoms with Crippen LogP contribution in [0.4, 0.5) is 0 Å². The Hall–Kier alpha value is -4.14. The Labute approximate surface area is 269 Å². The number of nitrogens with two attached hydrogens (primary N) is 1. The van der Waals surface area contributed by atoms with Gasteiger partial charge in [0, 0.05) is 43.9 Å². The van der Waals surface area contributed by atoms with Gasteiger partial charge >= 0.3 is 5.97 Å². The summed E-state index contributed by atoms with van der Waals surface area (Å²) in [6.45, 7) is 5.16. The highest BCUT2D eigenvalue weighted by Gasteiger charge is 2.12. The molecule has 4 N–H and O–H groups in total. The molecule has 0 spiro atoms. The topological polar surface area (TPSA) is 170 Å². The minimum Gasteiger partial charge on any atom is -0.473 e. The van der Waals surface area contributed by atoms with Crippen molar-refractivity contribution < 1.29 is 42.8 Å². The normalized spacial score (nSPS) is 10.9. The van der Waals surface area contributed by atoms with Crippen molar-refractivity contribution in [1.29, 1.82) is 0 Å². The van der Waals surface area contributed by atoms with Crippen molar-refractivity contribution in [2.24, 2.45) is 5.73 Å². The Morgan fingerprint density at radius 1 is 0.761 bits per heavy atom. The number of hydrogen-bond donors (Lipinski definition) is 3. The first-order chi connectivity index (χ1) is 22.5. The van der Waals surface area contributed by atoms with Crippen LogP contribution >= 0.6 is 0 Å². The second-order valence-corrected chi connectivity index (χ2v) is 9.93. The van der Waals surface area contributed by atoms with Crippen molar-refractivity contribution in [3.05, 3.63) is 71.4 Å². The van der Waals surface area contributed by atoms with Crippen molar-refractivity contribution >= 4 is 28.6 Å². The van der Waals surface area contributed by atoms with Crippen LogP contribution < -0.4 is 21.1 Å². The van der Waals surface area contributed by atoms with Crippen LogP contribution in [-0.4, -0.2) is 102 Å². The maximum absolute atomic E-state index is 13.0. The van der Waals surface area contributed by atoms with Gasteiger partial charge in [0.25, 0.3) is 5.91 Å². The third-order valence-corrected chi connectivity index (χ3v) is 6.60. The number of benzene rings is 2. The molecule has 0 saturated heterocycles. The first-order valence-electron chi connectivity index (χ1n) is 15.3. The summed E-state index contributed by atoms with van der Waals surface area (Å²) >= 11 is 0. The van der Waals surface area contributed by atoms with Gasteiger partial charge in [-0.05, 0) is 34.9 Å². The van der Waals surface area contributed by atoms with E-state index in [-0.39, 0.29) is 24.8 Å². The highest BCUT2D eigenvalue weighted by atomic mass is 16.6. The van der Waals surface area contributed by atoms with Crippen molar-refractivity contribution in [3.8, 4) is 5.88 Å². The summed E-state index contributed by atoms with van der Waals surface area (Å²) in [4.78, 5) is 40.8. The van der Waals surface area contributed by atoms with Crippen LogP contribution in [0.1, 0.15) is 39.1 Å². The van der Waals surface area contributed by atoms with E-state index in [1.807, 2.05) is 30.3 Å². The van der Waals surface area contributed by atoms with Crippen LogP contribution in [0.3, 0.4) is 0 Å². The molecule has 250 valence electrons. The predicted molar refractivity (Wildman–Crippen MR) is 171 cm³/mol. The van der Waals surface area contributed by atoms with Gasteiger partial charge in [0.05, 0.1) is 65.5 Å². The zero-order valence-corrected chi connectivity index (χ0v) is 26.3. The monoisotopic (exact) mass is 640 g/mol. The maximum atomic E-state index is 13.0. The molecule has 2 aromatic carbocycles.